The van der Waals surface area contributed by atoms with Gasteiger partial charge in [0.25, 0.3) is 5.91 Å². The largest absolute Gasteiger partial charge is 0.482 e. The maximum atomic E-state index is 12.2. The minimum atomic E-state index is -0.293. The molecule has 0 spiro atoms. The molecule has 2 aromatic rings. The lowest BCUT2D eigenvalue weighted by Gasteiger charge is -2.29. The van der Waals surface area contributed by atoms with Crippen molar-refractivity contribution in [2.45, 2.75) is 26.2 Å². The van der Waals surface area contributed by atoms with Gasteiger partial charge in [-0.15, -0.1) is 0 Å². The highest BCUT2D eigenvalue weighted by Crippen LogP contribution is 2.30. The second kappa shape index (κ2) is 8.63. The summed E-state index contributed by atoms with van der Waals surface area (Å²) in [5, 5.41) is 3.67. The maximum Gasteiger partial charge on any atom is 0.262 e. The summed E-state index contributed by atoms with van der Waals surface area (Å²) in [7, 11) is 0. The molecule has 2 amide bonds. The van der Waals surface area contributed by atoms with Gasteiger partial charge >= 0.3 is 0 Å². The van der Waals surface area contributed by atoms with E-state index >= 15 is 0 Å². The van der Waals surface area contributed by atoms with Crippen molar-refractivity contribution in [3.8, 4) is 5.75 Å². The molecule has 3 rings (SSSR count). The van der Waals surface area contributed by atoms with Crippen molar-refractivity contribution in [3.05, 3.63) is 52.0 Å². The molecule has 0 aliphatic carbocycles. The fraction of sp³-hybridized carbons (Fsp3) is 0.300. The number of carbonyl (C=O) groups excluding carboxylic acids is 2. The van der Waals surface area contributed by atoms with Gasteiger partial charge in [0.2, 0.25) is 5.91 Å². The Hall–Kier alpha value is -2.24. The van der Waals surface area contributed by atoms with Crippen molar-refractivity contribution in [2.24, 2.45) is 0 Å². The predicted octanol–water partition coefficient (Wildman–Crippen LogP) is 4.70. The van der Waals surface area contributed by atoms with Gasteiger partial charge in [-0.05, 0) is 54.8 Å². The van der Waals surface area contributed by atoms with Crippen LogP contribution in [0.5, 0.6) is 5.75 Å². The number of rotatable bonds is 5. The first-order chi connectivity index (χ1) is 13.0. The van der Waals surface area contributed by atoms with Gasteiger partial charge < -0.3 is 15.0 Å². The molecule has 0 fully saturated rings. The van der Waals surface area contributed by atoms with Crippen molar-refractivity contribution in [3.63, 3.8) is 0 Å². The van der Waals surface area contributed by atoms with E-state index in [4.69, 9.17) is 27.9 Å². The zero-order valence-corrected chi connectivity index (χ0v) is 16.4. The quantitative estimate of drug-likeness (QED) is 0.782. The number of ether oxygens (including phenoxy) is 1. The molecule has 142 valence electrons. The summed E-state index contributed by atoms with van der Waals surface area (Å²) in [4.78, 5) is 26.1. The standard InChI is InChI=1S/C20H20Cl2N2O3/c1-2-20(26)24-9-3-4-13-10-15(6-7-17(13)24)23-19(25)12-27-18-8-5-14(21)11-16(18)22/h5-8,10-11H,2-4,9,12H2,1H3,(H,23,25). The third-order valence-corrected chi connectivity index (χ3v) is 4.87. The summed E-state index contributed by atoms with van der Waals surface area (Å²) in [6, 6.07) is 10.4. The van der Waals surface area contributed by atoms with Crippen molar-refractivity contribution in [1.29, 1.82) is 0 Å². The number of nitrogens with one attached hydrogen (secondary N) is 1. The number of nitrogens with zero attached hydrogens (tertiary/aromatic N) is 1. The second-order valence-corrected chi connectivity index (χ2v) is 7.10. The van der Waals surface area contributed by atoms with Crippen molar-refractivity contribution in [1.82, 2.24) is 0 Å². The van der Waals surface area contributed by atoms with E-state index in [2.05, 4.69) is 5.32 Å². The van der Waals surface area contributed by atoms with Crippen LogP contribution in [0, 0.1) is 0 Å². The van der Waals surface area contributed by atoms with E-state index in [1.807, 2.05) is 24.0 Å². The molecule has 0 bridgehead atoms. The summed E-state index contributed by atoms with van der Waals surface area (Å²) in [6.45, 7) is 2.43. The Kier molecular flexibility index (Phi) is 6.24. The van der Waals surface area contributed by atoms with E-state index in [9.17, 15) is 9.59 Å². The lowest BCUT2D eigenvalue weighted by Crippen LogP contribution is -2.34. The van der Waals surface area contributed by atoms with Gasteiger partial charge in [0.05, 0.1) is 5.02 Å². The topological polar surface area (TPSA) is 58.6 Å². The minimum Gasteiger partial charge on any atom is -0.482 e. The fourth-order valence-corrected chi connectivity index (χ4v) is 3.52. The van der Waals surface area contributed by atoms with Gasteiger partial charge in [-0.2, -0.15) is 0 Å². The molecule has 2 aromatic carbocycles. The van der Waals surface area contributed by atoms with Gasteiger partial charge in [0, 0.05) is 29.4 Å². The molecule has 1 aliphatic rings. The normalized spacial score (nSPS) is 13.1. The van der Waals surface area contributed by atoms with Crippen LogP contribution in [-0.2, 0) is 16.0 Å². The molecule has 27 heavy (non-hydrogen) atoms. The molecule has 7 heteroatoms. The zero-order valence-electron chi connectivity index (χ0n) is 14.9. The number of carbonyl (C=O) groups is 2. The molecule has 0 saturated heterocycles. The van der Waals surface area contributed by atoms with Crippen molar-refractivity contribution >= 4 is 46.4 Å². The Bertz CT molecular complexity index is 870. The molecule has 5 nitrogen and oxygen atoms in total. The lowest BCUT2D eigenvalue weighted by atomic mass is 10.0. The van der Waals surface area contributed by atoms with Crippen LogP contribution in [0.3, 0.4) is 0 Å². The first-order valence-corrected chi connectivity index (χ1v) is 9.54. The first-order valence-electron chi connectivity index (χ1n) is 8.79. The summed E-state index contributed by atoms with van der Waals surface area (Å²) in [6.07, 6.45) is 2.26. The van der Waals surface area contributed by atoms with Gasteiger partial charge in [-0.1, -0.05) is 30.1 Å². The summed E-state index contributed by atoms with van der Waals surface area (Å²) >= 11 is 11.9. The number of aryl methyl sites for hydroxylation is 1. The van der Waals surface area contributed by atoms with E-state index in [0.717, 1.165) is 30.6 Å². The molecule has 1 aliphatic heterocycles. The van der Waals surface area contributed by atoms with Crippen LogP contribution in [-0.4, -0.2) is 25.0 Å². The minimum absolute atomic E-state index is 0.112. The molecule has 0 radical (unpaired) electrons. The maximum absolute atomic E-state index is 12.2. The van der Waals surface area contributed by atoms with Crippen LogP contribution in [0.15, 0.2) is 36.4 Å². The molecule has 0 aromatic heterocycles. The summed E-state index contributed by atoms with van der Waals surface area (Å²) < 4.78 is 5.45. The SMILES string of the molecule is CCC(=O)N1CCCc2cc(NC(=O)COc3ccc(Cl)cc3Cl)ccc21. The summed E-state index contributed by atoms with van der Waals surface area (Å²) in [5.41, 5.74) is 2.66. The molecular formula is C20H20Cl2N2O3. The number of halogens is 2. The van der Waals surface area contributed by atoms with Crippen LogP contribution >= 0.6 is 23.2 Å². The highest BCUT2D eigenvalue weighted by molar-refractivity contribution is 6.35. The predicted molar refractivity (Wildman–Crippen MR) is 108 cm³/mol. The van der Waals surface area contributed by atoms with Crippen LogP contribution in [0.1, 0.15) is 25.3 Å². The Morgan fingerprint density at radius 2 is 2.00 bits per heavy atom. The Morgan fingerprint density at radius 3 is 2.74 bits per heavy atom. The van der Waals surface area contributed by atoms with Crippen LogP contribution < -0.4 is 15.0 Å². The Balaban J connectivity index is 1.64. The van der Waals surface area contributed by atoms with Crippen molar-refractivity contribution < 1.29 is 14.3 Å². The van der Waals surface area contributed by atoms with E-state index in [1.165, 1.54) is 0 Å². The van der Waals surface area contributed by atoms with Gasteiger partial charge in [0.15, 0.2) is 6.61 Å². The van der Waals surface area contributed by atoms with Gasteiger partial charge in [-0.3, -0.25) is 9.59 Å². The number of amides is 2. The molecule has 1 N–H and O–H groups in total. The third kappa shape index (κ3) is 4.73. The van der Waals surface area contributed by atoms with E-state index in [0.29, 0.717) is 27.9 Å². The third-order valence-electron chi connectivity index (χ3n) is 4.34. The molecular weight excluding hydrogens is 387 g/mol. The van der Waals surface area contributed by atoms with Gasteiger partial charge in [-0.25, -0.2) is 0 Å². The lowest BCUT2D eigenvalue weighted by molar-refractivity contribution is -0.119. The zero-order chi connectivity index (χ0) is 19.4. The average molecular weight is 407 g/mol. The van der Waals surface area contributed by atoms with E-state index in [1.54, 1.807) is 24.3 Å². The number of anilines is 2. The number of hydrogen-bond donors (Lipinski definition) is 1. The molecule has 1 heterocycles. The van der Waals surface area contributed by atoms with Crippen LogP contribution in [0.2, 0.25) is 10.0 Å². The van der Waals surface area contributed by atoms with E-state index in [-0.39, 0.29) is 18.4 Å². The second-order valence-electron chi connectivity index (χ2n) is 6.26. The van der Waals surface area contributed by atoms with Crippen LogP contribution in [0.25, 0.3) is 0 Å². The van der Waals surface area contributed by atoms with Crippen LogP contribution in [0.4, 0.5) is 11.4 Å². The number of benzene rings is 2. The van der Waals surface area contributed by atoms with Crippen molar-refractivity contribution in [2.75, 3.05) is 23.4 Å². The highest BCUT2D eigenvalue weighted by Gasteiger charge is 2.21. The average Bonchev–Trinajstić information content (AvgIpc) is 2.66. The highest BCUT2D eigenvalue weighted by atomic mass is 35.5. The Morgan fingerprint density at radius 1 is 1.19 bits per heavy atom. The van der Waals surface area contributed by atoms with E-state index < -0.39 is 0 Å². The smallest absolute Gasteiger partial charge is 0.262 e. The fourth-order valence-electron chi connectivity index (χ4n) is 3.06. The monoisotopic (exact) mass is 406 g/mol. The molecule has 0 saturated carbocycles. The molecule has 0 atom stereocenters. The Labute approximate surface area is 168 Å². The first kappa shape index (κ1) is 19.5. The summed E-state index contributed by atoms with van der Waals surface area (Å²) in [5.74, 6) is 0.217. The number of hydrogen-bond acceptors (Lipinski definition) is 3. The van der Waals surface area contributed by atoms with Gasteiger partial charge in [0.1, 0.15) is 5.75 Å². The number of fused-ring (bicyclic) bond motifs is 1. The molecule has 0 unspecified atom stereocenters.